The summed E-state index contributed by atoms with van der Waals surface area (Å²) in [5.41, 5.74) is 5.79. The Kier molecular flexibility index (Phi) is 5.67. The summed E-state index contributed by atoms with van der Waals surface area (Å²) in [6.45, 7) is 2.36. The third-order valence-electron chi connectivity index (χ3n) is 5.66. The monoisotopic (exact) mass is 403 g/mol. The highest BCUT2D eigenvalue weighted by Crippen LogP contribution is 2.55. The molecule has 1 heterocycles. The molecule has 2 atom stereocenters. The predicted molar refractivity (Wildman–Crippen MR) is 106 cm³/mol. The van der Waals surface area contributed by atoms with E-state index in [1.54, 1.807) is 37.3 Å². The first-order valence-electron chi connectivity index (χ1n) is 9.46. The van der Waals surface area contributed by atoms with Crippen LogP contribution in [0.1, 0.15) is 18.4 Å². The Morgan fingerprint density at radius 2 is 2.00 bits per heavy atom. The molecule has 8 heteroatoms. The van der Waals surface area contributed by atoms with Gasteiger partial charge >= 0.3 is 6.09 Å². The number of carbonyl (C=O) groups is 1. The second kappa shape index (κ2) is 8.19. The van der Waals surface area contributed by atoms with Crippen molar-refractivity contribution in [2.75, 3.05) is 26.8 Å². The van der Waals surface area contributed by atoms with E-state index in [1.807, 2.05) is 0 Å². The van der Waals surface area contributed by atoms with Crippen molar-refractivity contribution in [2.45, 2.75) is 12.8 Å². The molecule has 8 nitrogen and oxygen atoms in total. The Balaban J connectivity index is 2.28. The zero-order chi connectivity index (χ0) is 21.9. The van der Waals surface area contributed by atoms with Gasteiger partial charge in [0.2, 0.25) is 0 Å². The quantitative estimate of drug-likeness (QED) is 0.819. The van der Waals surface area contributed by atoms with Crippen LogP contribution in [-0.4, -0.2) is 37.8 Å². The summed E-state index contributed by atoms with van der Waals surface area (Å²) < 4.78 is 10.6. The molecular formula is C22H21N5O3. The van der Waals surface area contributed by atoms with Gasteiger partial charge in [0.05, 0.1) is 37.1 Å². The van der Waals surface area contributed by atoms with Crippen molar-refractivity contribution in [1.82, 2.24) is 4.90 Å². The van der Waals surface area contributed by atoms with Crippen LogP contribution in [0.15, 0.2) is 47.2 Å². The normalized spacial score (nSPS) is 22.0. The third-order valence-corrected chi connectivity index (χ3v) is 5.66. The van der Waals surface area contributed by atoms with Gasteiger partial charge in [-0.1, -0.05) is 24.3 Å². The van der Waals surface area contributed by atoms with Gasteiger partial charge in [-0.25, -0.2) is 4.79 Å². The highest BCUT2D eigenvalue weighted by molar-refractivity contribution is 5.69. The summed E-state index contributed by atoms with van der Waals surface area (Å²) in [6, 6.07) is 13.3. The Bertz CT molecular complexity index is 1040. The van der Waals surface area contributed by atoms with E-state index < -0.39 is 23.3 Å². The fraction of sp³-hybridized carbons (Fsp3) is 0.364. The predicted octanol–water partition coefficient (Wildman–Crippen LogP) is 2.58. The summed E-state index contributed by atoms with van der Waals surface area (Å²) in [5.74, 6) is -0.761. The molecule has 152 valence electrons. The van der Waals surface area contributed by atoms with Crippen molar-refractivity contribution >= 4 is 6.09 Å². The van der Waals surface area contributed by atoms with Crippen LogP contribution in [0.25, 0.3) is 0 Å². The number of para-hydroxylation sites is 1. The van der Waals surface area contributed by atoms with Crippen LogP contribution in [0, 0.1) is 45.3 Å². The number of hydrogen-bond donors (Lipinski definition) is 1. The van der Waals surface area contributed by atoms with Gasteiger partial charge in [0.1, 0.15) is 11.8 Å². The van der Waals surface area contributed by atoms with Crippen LogP contribution in [-0.2, 0) is 4.74 Å². The van der Waals surface area contributed by atoms with E-state index in [2.05, 4.69) is 18.2 Å². The van der Waals surface area contributed by atoms with Crippen molar-refractivity contribution in [1.29, 1.82) is 15.8 Å². The first-order chi connectivity index (χ1) is 14.5. The summed E-state index contributed by atoms with van der Waals surface area (Å²) in [5, 5.41) is 30.0. The average molecular weight is 403 g/mol. The van der Waals surface area contributed by atoms with Crippen LogP contribution in [0.3, 0.4) is 0 Å². The molecule has 1 aromatic carbocycles. The Morgan fingerprint density at radius 1 is 1.30 bits per heavy atom. The molecule has 2 aliphatic rings. The van der Waals surface area contributed by atoms with Crippen molar-refractivity contribution in [3.8, 4) is 24.0 Å². The van der Waals surface area contributed by atoms with Gasteiger partial charge in [-0.15, -0.1) is 0 Å². The Hall–Kier alpha value is -3.96. The molecule has 0 aromatic heterocycles. The second-order valence-electron chi connectivity index (χ2n) is 7.02. The molecule has 3 rings (SSSR count). The van der Waals surface area contributed by atoms with Crippen molar-refractivity contribution in [2.24, 2.45) is 17.1 Å². The lowest BCUT2D eigenvalue weighted by molar-refractivity contribution is 0.0998. The van der Waals surface area contributed by atoms with E-state index in [0.717, 1.165) is 0 Å². The van der Waals surface area contributed by atoms with Crippen molar-refractivity contribution in [3.63, 3.8) is 0 Å². The smallest absolute Gasteiger partial charge is 0.410 e. The number of methoxy groups -OCH3 is 1. The lowest BCUT2D eigenvalue weighted by Crippen LogP contribution is -2.49. The van der Waals surface area contributed by atoms with E-state index in [-0.39, 0.29) is 31.0 Å². The molecular weight excluding hydrogens is 382 g/mol. The zero-order valence-corrected chi connectivity index (χ0v) is 16.8. The van der Waals surface area contributed by atoms with E-state index in [4.69, 9.17) is 15.2 Å². The maximum atomic E-state index is 12.4. The number of fused-ring (bicyclic) bond motifs is 1. The molecule has 0 spiro atoms. The van der Waals surface area contributed by atoms with Crippen LogP contribution < -0.4 is 10.5 Å². The number of carbonyl (C=O) groups excluding carboxylic acids is 1. The minimum atomic E-state index is -1.79. The molecule has 0 saturated heterocycles. The lowest BCUT2D eigenvalue weighted by atomic mass is 9.58. The Morgan fingerprint density at radius 3 is 2.60 bits per heavy atom. The molecule has 0 fully saturated rings. The minimum absolute atomic E-state index is 0.0713. The third kappa shape index (κ3) is 3.02. The number of nitriles is 3. The molecule has 1 amide bonds. The Labute approximate surface area is 175 Å². The van der Waals surface area contributed by atoms with E-state index >= 15 is 0 Å². The molecule has 0 bridgehead atoms. The number of nitrogens with two attached hydrogens (primary N) is 1. The number of allylic oxidation sites excluding steroid dienone is 2. The summed E-state index contributed by atoms with van der Waals surface area (Å²) in [4.78, 5) is 13.9. The molecule has 30 heavy (non-hydrogen) atoms. The number of amides is 1. The van der Waals surface area contributed by atoms with Crippen molar-refractivity contribution in [3.05, 3.63) is 52.7 Å². The number of ether oxygens (including phenoxy) is 2. The lowest BCUT2D eigenvalue weighted by Gasteiger charge is -2.45. The van der Waals surface area contributed by atoms with Gasteiger partial charge in [-0.2, -0.15) is 15.8 Å². The topological polar surface area (TPSA) is 136 Å². The maximum absolute atomic E-state index is 12.4. The minimum Gasteiger partial charge on any atom is -0.496 e. The molecule has 2 N–H and O–H groups in total. The van der Waals surface area contributed by atoms with Gasteiger partial charge in [-0.05, 0) is 18.6 Å². The summed E-state index contributed by atoms with van der Waals surface area (Å²) in [7, 11) is 1.50. The molecule has 1 aliphatic carbocycles. The van der Waals surface area contributed by atoms with E-state index in [0.29, 0.717) is 16.9 Å². The average Bonchev–Trinajstić information content (AvgIpc) is 2.78. The maximum Gasteiger partial charge on any atom is 0.410 e. The fourth-order valence-corrected chi connectivity index (χ4v) is 4.31. The summed E-state index contributed by atoms with van der Waals surface area (Å²) >= 11 is 0. The van der Waals surface area contributed by atoms with E-state index in [9.17, 15) is 20.6 Å². The largest absolute Gasteiger partial charge is 0.496 e. The summed E-state index contributed by atoms with van der Waals surface area (Å²) in [6.07, 6.45) is 1.25. The first-order valence-corrected chi connectivity index (χ1v) is 9.46. The fourth-order valence-electron chi connectivity index (χ4n) is 4.31. The zero-order valence-electron chi connectivity index (χ0n) is 16.8. The van der Waals surface area contributed by atoms with Crippen LogP contribution in [0.5, 0.6) is 5.75 Å². The molecule has 0 unspecified atom stereocenters. The standard InChI is InChI=1S/C22H21N5O3/c1-3-30-21(28)27-9-8-14-16(10-23)20(26)22(12-24,13-25)19(17(14)11-27)15-6-4-5-7-18(15)29-2/h4-8,17,19H,3,9,11,26H2,1-2H3/t17-,19-/m1/s1. The highest BCUT2D eigenvalue weighted by atomic mass is 16.6. The number of hydrogen-bond acceptors (Lipinski definition) is 7. The molecule has 1 aliphatic heterocycles. The van der Waals surface area contributed by atoms with Crippen LogP contribution in [0.2, 0.25) is 0 Å². The van der Waals surface area contributed by atoms with Crippen LogP contribution >= 0.6 is 0 Å². The van der Waals surface area contributed by atoms with Gasteiger partial charge in [0, 0.05) is 30.5 Å². The first kappa shape index (κ1) is 20.8. The SMILES string of the molecule is CCOC(=O)N1CC=C2C(C#N)=C(N)C(C#N)(C#N)[C@H](c3ccccc3OC)[C@@H]2C1. The van der Waals surface area contributed by atoms with Gasteiger partial charge in [0.25, 0.3) is 0 Å². The second-order valence-corrected chi connectivity index (χ2v) is 7.02. The molecule has 0 radical (unpaired) electrons. The van der Waals surface area contributed by atoms with Gasteiger partial charge < -0.3 is 20.1 Å². The molecule has 1 aromatic rings. The van der Waals surface area contributed by atoms with Crippen LogP contribution in [0.4, 0.5) is 4.79 Å². The highest BCUT2D eigenvalue weighted by Gasteiger charge is 2.55. The van der Waals surface area contributed by atoms with E-state index in [1.165, 1.54) is 12.0 Å². The van der Waals surface area contributed by atoms with Gasteiger partial charge in [-0.3, -0.25) is 0 Å². The number of rotatable bonds is 3. The number of nitrogens with zero attached hydrogens (tertiary/aromatic N) is 4. The van der Waals surface area contributed by atoms with Gasteiger partial charge in [0.15, 0.2) is 5.41 Å². The number of benzene rings is 1. The molecule has 0 saturated carbocycles. The van der Waals surface area contributed by atoms with Crippen molar-refractivity contribution < 1.29 is 14.3 Å².